The Labute approximate surface area is 201 Å². The number of fused-ring (bicyclic) bond motifs is 5. The third-order valence-electron chi connectivity index (χ3n) is 11.0. The number of carbonyl (C=O) groups is 1. The summed E-state index contributed by atoms with van der Waals surface area (Å²) in [5, 5.41) is 23.0. The van der Waals surface area contributed by atoms with Crippen molar-refractivity contribution in [1.82, 2.24) is 0 Å². The standard InChI is InChI=1S/C28H48O5/c1-5-32-14-15-33-25(31)12-9-18(2)20-10-11-21-26-22(17-24(30)28(20,21)4)27(3)13-7-6-8-19(27)16-23(26)29/h18-24,26,29-30H,5-17H2,1-4H3. The Balaban J connectivity index is 1.43. The van der Waals surface area contributed by atoms with E-state index >= 15 is 0 Å². The quantitative estimate of drug-likeness (QED) is 0.392. The summed E-state index contributed by atoms with van der Waals surface area (Å²) in [6.07, 6.45) is 9.75. The van der Waals surface area contributed by atoms with Gasteiger partial charge in [0.05, 0.1) is 18.8 Å². The van der Waals surface area contributed by atoms with Gasteiger partial charge in [0.1, 0.15) is 6.61 Å². The molecule has 0 aliphatic heterocycles. The lowest BCUT2D eigenvalue weighted by molar-refractivity contribution is -0.201. The molecule has 5 nitrogen and oxygen atoms in total. The van der Waals surface area contributed by atoms with E-state index in [-0.39, 0.29) is 29.0 Å². The SMILES string of the molecule is CCOCCOC(=O)CCC(C)C1CCC2C3C(O)CC4CCCCC4(C)C3CC(O)C12C. The Kier molecular flexibility index (Phi) is 7.82. The Bertz CT molecular complexity index is 681. The number of rotatable bonds is 8. The molecule has 33 heavy (non-hydrogen) atoms. The summed E-state index contributed by atoms with van der Waals surface area (Å²) in [6.45, 7) is 10.4. The maximum atomic E-state index is 12.2. The van der Waals surface area contributed by atoms with Crippen molar-refractivity contribution in [3.05, 3.63) is 0 Å². The summed E-state index contributed by atoms with van der Waals surface area (Å²) < 4.78 is 10.6. The molecular formula is C28H48O5. The van der Waals surface area contributed by atoms with Crippen LogP contribution in [0.5, 0.6) is 0 Å². The first kappa shape index (κ1) is 25.4. The smallest absolute Gasteiger partial charge is 0.305 e. The molecule has 0 radical (unpaired) electrons. The van der Waals surface area contributed by atoms with Crippen LogP contribution in [-0.2, 0) is 14.3 Å². The van der Waals surface area contributed by atoms with Crippen LogP contribution in [0.15, 0.2) is 0 Å². The predicted molar refractivity (Wildman–Crippen MR) is 128 cm³/mol. The van der Waals surface area contributed by atoms with Gasteiger partial charge in [0.25, 0.3) is 0 Å². The Morgan fingerprint density at radius 1 is 1.06 bits per heavy atom. The second-order valence-electron chi connectivity index (χ2n) is 12.3. The van der Waals surface area contributed by atoms with Crippen LogP contribution in [0, 0.1) is 46.3 Å². The van der Waals surface area contributed by atoms with Gasteiger partial charge in [-0.2, -0.15) is 0 Å². The minimum Gasteiger partial charge on any atom is -0.463 e. The van der Waals surface area contributed by atoms with Crippen molar-refractivity contribution in [2.45, 2.75) is 104 Å². The lowest BCUT2D eigenvalue weighted by Gasteiger charge is -2.63. The van der Waals surface area contributed by atoms with E-state index in [0.717, 1.165) is 32.1 Å². The second-order valence-corrected chi connectivity index (χ2v) is 12.3. The fourth-order valence-corrected chi connectivity index (χ4v) is 9.16. The first-order chi connectivity index (χ1) is 15.7. The van der Waals surface area contributed by atoms with Crippen LogP contribution in [0.1, 0.15) is 91.9 Å². The molecule has 0 aromatic heterocycles. The summed E-state index contributed by atoms with van der Waals surface area (Å²) in [6, 6.07) is 0. The van der Waals surface area contributed by atoms with E-state index in [4.69, 9.17) is 9.47 Å². The van der Waals surface area contributed by atoms with Crippen LogP contribution < -0.4 is 0 Å². The molecule has 0 spiro atoms. The summed E-state index contributed by atoms with van der Waals surface area (Å²) >= 11 is 0. The number of hydrogen-bond acceptors (Lipinski definition) is 5. The Morgan fingerprint density at radius 3 is 2.61 bits per heavy atom. The predicted octanol–water partition coefficient (Wildman–Crippen LogP) is 4.97. The van der Waals surface area contributed by atoms with E-state index in [2.05, 4.69) is 20.8 Å². The average Bonchev–Trinajstić information content (AvgIpc) is 3.15. The lowest BCUT2D eigenvalue weighted by atomic mass is 9.43. The van der Waals surface area contributed by atoms with Crippen LogP contribution in [0.3, 0.4) is 0 Å². The Hall–Kier alpha value is -0.650. The van der Waals surface area contributed by atoms with Gasteiger partial charge in [-0.25, -0.2) is 0 Å². The molecule has 0 saturated heterocycles. The molecule has 0 aromatic rings. The number of hydrogen-bond donors (Lipinski definition) is 2. The van der Waals surface area contributed by atoms with Crippen molar-refractivity contribution in [2.24, 2.45) is 46.3 Å². The molecule has 4 rings (SSSR count). The molecule has 10 atom stereocenters. The van der Waals surface area contributed by atoms with E-state index in [1.807, 2.05) is 6.92 Å². The minimum absolute atomic E-state index is 0.149. The normalized spacial score (nSPS) is 45.6. The fraction of sp³-hybridized carbons (Fsp3) is 0.964. The zero-order valence-electron chi connectivity index (χ0n) is 21.4. The van der Waals surface area contributed by atoms with Crippen LogP contribution in [-0.4, -0.2) is 48.2 Å². The van der Waals surface area contributed by atoms with E-state index in [1.165, 1.54) is 25.7 Å². The van der Waals surface area contributed by atoms with E-state index in [1.54, 1.807) is 0 Å². The number of aliphatic hydroxyl groups is 2. The number of ether oxygens (including phenoxy) is 2. The zero-order valence-corrected chi connectivity index (χ0v) is 21.4. The summed E-state index contributed by atoms with van der Waals surface area (Å²) in [7, 11) is 0. The molecule has 0 bridgehead atoms. The van der Waals surface area contributed by atoms with Crippen molar-refractivity contribution in [3.63, 3.8) is 0 Å². The van der Waals surface area contributed by atoms with Gasteiger partial charge in [0.15, 0.2) is 0 Å². The topological polar surface area (TPSA) is 76.0 Å². The highest BCUT2D eigenvalue weighted by molar-refractivity contribution is 5.69. The van der Waals surface area contributed by atoms with Gasteiger partial charge in [0, 0.05) is 13.0 Å². The highest BCUT2D eigenvalue weighted by atomic mass is 16.6. The molecule has 0 aromatic carbocycles. The molecule has 4 aliphatic rings. The maximum absolute atomic E-state index is 12.2. The minimum atomic E-state index is -0.318. The highest BCUT2D eigenvalue weighted by Crippen LogP contribution is 2.68. The van der Waals surface area contributed by atoms with Gasteiger partial charge in [-0.05, 0) is 98.2 Å². The molecular weight excluding hydrogens is 416 g/mol. The molecule has 10 unspecified atom stereocenters. The zero-order chi connectivity index (χ0) is 23.8. The average molecular weight is 465 g/mol. The van der Waals surface area contributed by atoms with Crippen molar-refractivity contribution in [1.29, 1.82) is 0 Å². The van der Waals surface area contributed by atoms with Crippen LogP contribution in [0.4, 0.5) is 0 Å². The van der Waals surface area contributed by atoms with E-state index < -0.39 is 0 Å². The summed E-state index contributed by atoms with van der Waals surface area (Å²) in [5.41, 5.74) is 0.109. The van der Waals surface area contributed by atoms with Crippen molar-refractivity contribution >= 4 is 5.97 Å². The van der Waals surface area contributed by atoms with Crippen LogP contribution in [0.2, 0.25) is 0 Å². The van der Waals surface area contributed by atoms with Gasteiger partial charge in [0.2, 0.25) is 0 Å². The monoisotopic (exact) mass is 464 g/mol. The highest BCUT2D eigenvalue weighted by Gasteiger charge is 2.65. The van der Waals surface area contributed by atoms with Gasteiger partial charge < -0.3 is 19.7 Å². The molecule has 4 saturated carbocycles. The first-order valence-corrected chi connectivity index (χ1v) is 13.8. The van der Waals surface area contributed by atoms with Crippen LogP contribution >= 0.6 is 0 Å². The van der Waals surface area contributed by atoms with Gasteiger partial charge >= 0.3 is 5.97 Å². The molecule has 190 valence electrons. The second kappa shape index (κ2) is 10.1. The first-order valence-electron chi connectivity index (χ1n) is 13.8. The molecule has 0 amide bonds. The van der Waals surface area contributed by atoms with Crippen molar-refractivity contribution in [3.8, 4) is 0 Å². The fourth-order valence-electron chi connectivity index (χ4n) is 9.16. The molecule has 4 aliphatic carbocycles. The van der Waals surface area contributed by atoms with Gasteiger partial charge in [-0.15, -0.1) is 0 Å². The largest absolute Gasteiger partial charge is 0.463 e. The molecule has 4 fully saturated rings. The number of carbonyl (C=O) groups excluding carboxylic acids is 1. The Morgan fingerprint density at radius 2 is 1.85 bits per heavy atom. The molecule has 2 N–H and O–H groups in total. The number of esters is 1. The maximum Gasteiger partial charge on any atom is 0.305 e. The third-order valence-corrected chi connectivity index (χ3v) is 11.0. The van der Waals surface area contributed by atoms with E-state index in [9.17, 15) is 15.0 Å². The van der Waals surface area contributed by atoms with Gasteiger partial charge in [-0.3, -0.25) is 4.79 Å². The van der Waals surface area contributed by atoms with E-state index in [0.29, 0.717) is 61.7 Å². The molecule has 5 heteroatoms. The van der Waals surface area contributed by atoms with Crippen LogP contribution in [0.25, 0.3) is 0 Å². The molecule has 0 heterocycles. The van der Waals surface area contributed by atoms with Crippen molar-refractivity contribution < 1.29 is 24.5 Å². The third kappa shape index (κ3) is 4.51. The van der Waals surface area contributed by atoms with Crippen molar-refractivity contribution in [2.75, 3.05) is 19.8 Å². The van der Waals surface area contributed by atoms with Gasteiger partial charge in [-0.1, -0.05) is 33.6 Å². The summed E-state index contributed by atoms with van der Waals surface area (Å²) in [4.78, 5) is 12.2. The summed E-state index contributed by atoms with van der Waals surface area (Å²) in [5.74, 6) is 2.34. The lowest BCUT2D eigenvalue weighted by Crippen LogP contribution is -2.61. The number of aliphatic hydroxyl groups excluding tert-OH is 2.